The van der Waals surface area contributed by atoms with Gasteiger partial charge in [0.1, 0.15) is 11.8 Å². The van der Waals surface area contributed by atoms with E-state index in [9.17, 15) is 5.11 Å². The molecule has 0 aromatic carbocycles. The zero-order valence-electron chi connectivity index (χ0n) is 11.7. The monoisotopic (exact) mass is 315 g/mol. The number of nitrogens with zero attached hydrogens (tertiary/aromatic N) is 3. The maximum absolute atomic E-state index is 10.5. The molecule has 2 aromatic rings. The third-order valence-corrected chi connectivity index (χ3v) is 4.27. The molecule has 0 bridgehead atoms. The van der Waals surface area contributed by atoms with Crippen LogP contribution in [0.5, 0.6) is 5.75 Å². The van der Waals surface area contributed by atoms with E-state index in [-0.39, 0.29) is 0 Å². The Morgan fingerprint density at radius 3 is 2.85 bits per heavy atom. The number of thiophene rings is 1. The molecule has 0 aliphatic carbocycles. The molecule has 5 nitrogen and oxygen atoms in total. The number of aliphatic hydroxyl groups excluding tert-OH is 1. The molecular formula is C13H18ClN3O2S. The second kappa shape index (κ2) is 6.58. The summed E-state index contributed by atoms with van der Waals surface area (Å²) < 4.78 is 7.07. The molecule has 0 saturated heterocycles. The molecule has 1 N–H and O–H groups in total. The Balaban J connectivity index is 2.30. The molecular weight excluding hydrogens is 298 g/mol. The molecule has 0 aliphatic rings. The number of ether oxygens (including phenoxy) is 1. The van der Waals surface area contributed by atoms with Gasteiger partial charge in [-0.25, -0.2) is 0 Å². The minimum Gasteiger partial charge on any atom is -0.493 e. The molecule has 1 unspecified atom stereocenters. The van der Waals surface area contributed by atoms with E-state index in [2.05, 4.69) is 10.00 Å². The van der Waals surface area contributed by atoms with Gasteiger partial charge in [-0.05, 0) is 20.2 Å². The first-order valence-corrected chi connectivity index (χ1v) is 7.45. The fourth-order valence-corrected chi connectivity index (χ4v) is 2.96. The van der Waals surface area contributed by atoms with Crippen molar-refractivity contribution in [1.82, 2.24) is 14.7 Å². The lowest BCUT2D eigenvalue weighted by Gasteiger charge is -2.15. The van der Waals surface area contributed by atoms with E-state index in [1.807, 2.05) is 14.1 Å². The molecule has 2 rings (SSSR count). The summed E-state index contributed by atoms with van der Waals surface area (Å²) in [5.41, 5.74) is 0.660. The van der Waals surface area contributed by atoms with Gasteiger partial charge in [0.25, 0.3) is 0 Å². The van der Waals surface area contributed by atoms with E-state index in [0.29, 0.717) is 23.0 Å². The van der Waals surface area contributed by atoms with Gasteiger partial charge in [-0.3, -0.25) is 4.68 Å². The van der Waals surface area contributed by atoms with Crippen molar-refractivity contribution in [2.75, 3.05) is 27.7 Å². The predicted molar refractivity (Wildman–Crippen MR) is 80.7 cm³/mol. The third-order valence-electron chi connectivity index (χ3n) is 2.94. The standard InChI is InChI=1S/C13H18ClN3O2S/c1-16(2)4-5-17-12(10(19-3)7-15-17)13(18)11-6-9(14)8-20-11/h6-8,13,18H,4-5H2,1-3H3. The minimum atomic E-state index is -0.785. The Morgan fingerprint density at radius 1 is 1.55 bits per heavy atom. The second-order valence-electron chi connectivity index (χ2n) is 4.69. The van der Waals surface area contributed by atoms with Crippen LogP contribution in [0.1, 0.15) is 16.7 Å². The molecule has 0 radical (unpaired) electrons. The summed E-state index contributed by atoms with van der Waals surface area (Å²) in [7, 11) is 5.57. The fourth-order valence-electron chi connectivity index (χ4n) is 1.89. The van der Waals surface area contributed by atoms with Crippen LogP contribution in [0.2, 0.25) is 5.02 Å². The summed E-state index contributed by atoms with van der Waals surface area (Å²) in [5.74, 6) is 0.584. The molecule has 0 aliphatic heterocycles. The number of aromatic nitrogens is 2. The van der Waals surface area contributed by atoms with E-state index in [4.69, 9.17) is 16.3 Å². The maximum atomic E-state index is 10.5. The Hall–Kier alpha value is -1.08. The lowest BCUT2D eigenvalue weighted by molar-refractivity contribution is 0.204. The molecule has 2 heterocycles. The Kier molecular flexibility index (Phi) is 5.04. The maximum Gasteiger partial charge on any atom is 0.163 e. The van der Waals surface area contributed by atoms with Gasteiger partial charge in [0.2, 0.25) is 0 Å². The summed E-state index contributed by atoms with van der Waals surface area (Å²) in [6.07, 6.45) is 0.843. The highest BCUT2D eigenvalue weighted by molar-refractivity contribution is 7.10. The van der Waals surface area contributed by atoms with Crippen LogP contribution < -0.4 is 4.74 Å². The van der Waals surface area contributed by atoms with E-state index >= 15 is 0 Å². The highest BCUT2D eigenvalue weighted by atomic mass is 35.5. The Morgan fingerprint density at radius 2 is 2.30 bits per heavy atom. The van der Waals surface area contributed by atoms with Crippen LogP contribution in [-0.4, -0.2) is 47.5 Å². The normalized spacial score (nSPS) is 12.9. The smallest absolute Gasteiger partial charge is 0.163 e. The molecule has 7 heteroatoms. The van der Waals surface area contributed by atoms with E-state index in [1.165, 1.54) is 11.3 Å². The van der Waals surface area contributed by atoms with Crippen molar-refractivity contribution in [3.05, 3.63) is 33.2 Å². The van der Waals surface area contributed by atoms with Crippen molar-refractivity contribution in [3.63, 3.8) is 0 Å². The van der Waals surface area contributed by atoms with E-state index in [1.54, 1.807) is 29.4 Å². The molecule has 2 aromatic heterocycles. The lowest BCUT2D eigenvalue weighted by atomic mass is 10.2. The largest absolute Gasteiger partial charge is 0.493 e. The topological polar surface area (TPSA) is 50.5 Å². The van der Waals surface area contributed by atoms with Crippen molar-refractivity contribution in [2.24, 2.45) is 0 Å². The summed E-state index contributed by atoms with van der Waals surface area (Å²) in [5, 5.41) is 17.3. The number of rotatable bonds is 6. The van der Waals surface area contributed by atoms with E-state index in [0.717, 1.165) is 11.4 Å². The van der Waals surface area contributed by atoms with Crippen LogP contribution in [-0.2, 0) is 6.54 Å². The van der Waals surface area contributed by atoms with Gasteiger partial charge in [0.05, 0.1) is 24.9 Å². The molecule has 0 saturated carbocycles. The van der Waals surface area contributed by atoms with Crippen LogP contribution in [0.3, 0.4) is 0 Å². The van der Waals surface area contributed by atoms with Crippen LogP contribution in [0, 0.1) is 0 Å². The van der Waals surface area contributed by atoms with Gasteiger partial charge in [0.15, 0.2) is 5.75 Å². The second-order valence-corrected chi connectivity index (χ2v) is 6.07. The number of halogens is 1. The summed E-state index contributed by atoms with van der Waals surface area (Å²) in [4.78, 5) is 2.84. The SMILES string of the molecule is COc1cnn(CCN(C)C)c1C(O)c1cc(Cl)cs1. The van der Waals surface area contributed by atoms with Gasteiger partial charge in [-0.1, -0.05) is 11.6 Å². The Labute approximate surface area is 127 Å². The summed E-state index contributed by atoms with van der Waals surface area (Å²) in [6.45, 7) is 1.51. The molecule has 1 atom stereocenters. The van der Waals surface area contributed by atoms with Crippen LogP contribution in [0.25, 0.3) is 0 Å². The minimum absolute atomic E-state index is 0.584. The number of hydrogen-bond donors (Lipinski definition) is 1. The van der Waals surface area contributed by atoms with Crippen LogP contribution >= 0.6 is 22.9 Å². The average Bonchev–Trinajstić information content (AvgIpc) is 3.01. The predicted octanol–water partition coefficient (Wildman–Crippen LogP) is 2.25. The van der Waals surface area contributed by atoms with Crippen molar-refractivity contribution >= 4 is 22.9 Å². The van der Waals surface area contributed by atoms with Gasteiger partial charge >= 0.3 is 0 Å². The fraction of sp³-hybridized carbons (Fsp3) is 0.462. The number of likely N-dealkylation sites (N-methyl/N-ethyl adjacent to an activating group) is 1. The van der Waals surface area contributed by atoms with Crippen molar-refractivity contribution < 1.29 is 9.84 Å². The van der Waals surface area contributed by atoms with Crippen molar-refractivity contribution in [1.29, 1.82) is 0 Å². The summed E-state index contributed by atoms with van der Waals surface area (Å²) in [6, 6.07) is 1.76. The first kappa shape index (κ1) is 15.3. The van der Waals surface area contributed by atoms with Crippen LogP contribution in [0.15, 0.2) is 17.6 Å². The molecule has 0 fully saturated rings. The zero-order valence-corrected chi connectivity index (χ0v) is 13.3. The quantitative estimate of drug-likeness (QED) is 0.888. The molecule has 20 heavy (non-hydrogen) atoms. The Bertz CT molecular complexity index is 568. The highest BCUT2D eigenvalue weighted by Gasteiger charge is 2.22. The van der Waals surface area contributed by atoms with Crippen molar-refractivity contribution in [2.45, 2.75) is 12.6 Å². The first-order chi connectivity index (χ1) is 9.52. The number of aliphatic hydroxyl groups is 1. The van der Waals surface area contributed by atoms with Gasteiger partial charge in [0, 0.05) is 16.8 Å². The van der Waals surface area contributed by atoms with Gasteiger partial charge < -0.3 is 14.7 Å². The lowest BCUT2D eigenvalue weighted by Crippen LogP contribution is -2.21. The van der Waals surface area contributed by atoms with Crippen LogP contribution in [0.4, 0.5) is 0 Å². The number of hydrogen-bond acceptors (Lipinski definition) is 5. The molecule has 0 amide bonds. The third kappa shape index (κ3) is 3.32. The summed E-state index contributed by atoms with van der Waals surface area (Å²) >= 11 is 7.34. The number of methoxy groups -OCH3 is 1. The average molecular weight is 316 g/mol. The van der Waals surface area contributed by atoms with Gasteiger partial charge in [-0.2, -0.15) is 5.10 Å². The first-order valence-electron chi connectivity index (χ1n) is 6.19. The molecule has 0 spiro atoms. The van der Waals surface area contributed by atoms with Crippen molar-refractivity contribution in [3.8, 4) is 5.75 Å². The zero-order chi connectivity index (χ0) is 14.7. The van der Waals surface area contributed by atoms with E-state index < -0.39 is 6.10 Å². The molecule has 110 valence electrons. The van der Waals surface area contributed by atoms with Gasteiger partial charge in [-0.15, -0.1) is 11.3 Å². The highest BCUT2D eigenvalue weighted by Crippen LogP contribution is 2.34.